The van der Waals surface area contributed by atoms with Crippen molar-refractivity contribution in [2.45, 2.75) is 23.4 Å². The number of pyridine rings is 1. The Kier molecular flexibility index (Phi) is 8.86. The lowest BCUT2D eigenvalue weighted by atomic mass is 9.99. The molecule has 3 aromatic carbocycles. The minimum absolute atomic E-state index is 0.180. The van der Waals surface area contributed by atoms with E-state index in [0.717, 1.165) is 27.4 Å². The summed E-state index contributed by atoms with van der Waals surface area (Å²) in [6.45, 7) is 0. The van der Waals surface area contributed by atoms with Crippen molar-refractivity contribution >= 4 is 29.0 Å². The second kappa shape index (κ2) is 13.5. The molecule has 0 aliphatic rings. The summed E-state index contributed by atoms with van der Waals surface area (Å²) in [4.78, 5) is 22.3. The zero-order valence-corrected chi connectivity index (χ0v) is 25.0. The highest BCUT2D eigenvalue weighted by molar-refractivity contribution is 7.98. The summed E-state index contributed by atoms with van der Waals surface area (Å²) in [5.41, 5.74) is 4.25. The number of nitrogens with zero attached hydrogens (tertiary/aromatic N) is 5. The Morgan fingerprint density at radius 2 is 1.72 bits per heavy atom. The first kappa shape index (κ1) is 28.3. The van der Waals surface area contributed by atoms with Crippen molar-refractivity contribution in [2.24, 2.45) is 0 Å². The van der Waals surface area contributed by atoms with E-state index in [0.29, 0.717) is 34.6 Å². The number of carbonyl (C=O) groups excluding carboxylic acids is 1. The van der Waals surface area contributed by atoms with Crippen molar-refractivity contribution in [3.05, 3.63) is 137 Å². The molecule has 10 heteroatoms. The molecule has 0 saturated carbocycles. The number of carbonyl (C=O) groups is 1. The van der Waals surface area contributed by atoms with Gasteiger partial charge < -0.3 is 10.1 Å². The zero-order valence-electron chi connectivity index (χ0n) is 23.3. The van der Waals surface area contributed by atoms with Crippen molar-refractivity contribution in [3.8, 4) is 22.8 Å². The fourth-order valence-corrected chi connectivity index (χ4v) is 6.44. The maximum absolute atomic E-state index is 13.4. The molecular weight excluding hydrogens is 577 g/mol. The lowest BCUT2D eigenvalue weighted by molar-refractivity contribution is 0.0932. The topological polar surface area (TPSA) is 94.8 Å². The summed E-state index contributed by atoms with van der Waals surface area (Å²) in [5, 5.41) is 15.5. The van der Waals surface area contributed by atoms with E-state index in [1.807, 2.05) is 94.9 Å². The van der Waals surface area contributed by atoms with Gasteiger partial charge in [0.1, 0.15) is 16.5 Å². The minimum Gasteiger partial charge on any atom is -0.495 e. The maximum atomic E-state index is 13.4. The van der Waals surface area contributed by atoms with Crippen LogP contribution in [0.4, 0.5) is 0 Å². The number of nitrogens with one attached hydrogen (secondary N) is 1. The first-order valence-corrected chi connectivity index (χ1v) is 15.5. The van der Waals surface area contributed by atoms with Gasteiger partial charge in [-0.05, 0) is 41.8 Å². The van der Waals surface area contributed by atoms with Gasteiger partial charge in [-0.2, -0.15) is 0 Å². The zero-order chi connectivity index (χ0) is 29.4. The van der Waals surface area contributed by atoms with E-state index in [-0.39, 0.29) is 11.9 Å². The summed E-state index contributed by atoms with van der Waals surface area (Å²) in [7, 11) is 1.64. The van der Waals surface area contributed by atoms with Gasteiger partial charge in [0, 0.05) is 23.3 Å². The first-order chi connectivity index (χ1) is 21.2. The lowest BCUT2D eigenvalue weighted by Gasteiger charge is -2.19. The highest BCUT2D eigenvalue weighted by Crippen LogP contribution is 2.34. The van der Waals surface area contributed by atoms with Crippen molar-refractivity contribution in [1.82, 2.24) is 30.0 Å². The molecule has 3 heterocycles. The molecular formula is C33H28N6O2S2. The number of thioether (sulfide) groups is 1. The predicted molar refractivity (Wildman–Crippen MR) is 170 cm³/mol. The highest BCUT2D eigenvalue weighted by Gasteiger charge is 2.21. The fraction of sp³-hybridized carbons (Fsp3) is 0.121. The Balaban J connectivity index is 1.21. The molecule has 43 heavy (non-hydrogen) atoms. The number of hydrogen-bond donors (Lipinski definition) is 1. The van der Waals surface area contributed by atoms with E-state index in [2.05, 4.69) is 37.6 Å². The maximum Gasteiger partial charge on any atom is 0.271 e. The number of ether oxygens (including phenoxy) is 1. The van der Waals surface area contributed by atoms with Gasteiger partial charge in [0.2, 0.25) is 0 Å². The Morgan fingerprint density at radius 1 is 0.953 bits per heavy atom. The Bertz CT molecular complexity index is 1790. The van der Waals surface area contributed by atoms with E-state index < -0.39 is 0 Å². The number of thiazole rings is 1. The molecule has 8 nitrogen and oxygen atoms in total. The van der Waals surface area contributed by atoms with E-state index >= 15 is 0 Å². The lowest BCUT2D eigenvalue weighted by Crippen LogP contribution is -2.30. The third-order valence-electron chi connectivity index (χ3n) is 6.78. The van der Waals surface area contributed by atoms with E-state index in [4.69, 9.17) is 4.74 Å². The largest absolute Gasteiger partial charge is 0.495 e. The Hall–Kier alpha value is -4.80. The van der Waals surface area contributed by atoms with Gasteiger partial charge in [0.25, 0.3) is 5.91 Å². The standard InChI is InChI=1S/C33H28N6O2S2/c1-41-29-17-9-8-16-28(29)39-31(25-15-10-18-34-20-25)37-38-33(39)43-22-30-35-27(21-42-30)32(40)36-26(24-13-6-3-7-14-24)19-23-11-4-2-5-12-23/h2-18,20-21,26H,19,22H2,1H3,(H,36,40). The molecule has 6 aromatic rings. The van der Waals surface area contributed by atoms with Gasteiger partial charge in [-0.1, -0.05) is 84.6 Å². The van der Waals surface area contributed by atoms with Crippen LogP contribution in [-0.4, -0.2) is 37.7 Å². The minimum atomic E-state index is -0.201. The average Bonchev–Trinajstić information content (AvgIpc) is 3.72. The van der Waals surface area contributed by atoms with Crippen LogP contribution in [-0.2, 0) is 12.2 Å². The Labute approximate surface area is 257 Å². The molecule has 0 saturated heterocycles. The summed E-state index contributed by atoms with van der Waals surface area (Å²) in [5.74, 6) is 1.67. The van der Waals surface area contributed by atoms with Crippen LogP contribution in [0.2, 0.25) is 0 Å². The third-order valence-corrected chi connectivity index (χ3v) is 8.75. The van der Waals surface area contributed by atoms with E-state index in [1.165, 1.54) is 23.1 Å². The summed E-state index contributed by atoms with van der Waals surface area (Å²) in [6.07, 6.45) is 4.17. The monoisotopic (exact) mass is 604 g/mol. The van der Waals surface area contributed by atoms with Crippen molar-refractivity contribution in [1.29, 1.82) is 0 Å². The third kappa shape index (κ3) is 6.66. The van der Waals surface area contributed by atoms with Gasteiger partial charge in [-0.25, -0.2) is 4.98 Å². The van der Waals surface area contributed by atoms with Gasteiger partial charge in [-0.3, -0.25) is 14.3 Å². The van der Waals surface area contributed by atoms with Crippen molar-refractivity contribution < 1.29 is 9.53 Å². The van der Waals surface area contributed by atoms with Crippen LogP contribution < -0.4 is 10.1 Å². The van der Waals surface area contributed by atoms with E-state index in [9.17, 15) is 4.79 Å². The molecule has 1 N–H and O–H groups in total. The van der Waals surface area contributed by atoms with Crippen LogP contribution in [0.25, 0.3) is 17.1 Å². The van der Waals surface area contributed by atoms with E-state index in [1.54, 1.807) is 19.5 Å². The number of rotatable bonds is 11. The normalized spacial score (nSPS) is 11.7. The van der Waals surface area contributed by atoms with Crippen LogP contribution in [0.1, 0.15) is 32.7 Å². The molecule has 6 rings (SSSR count). The molecule has 0 radical (unpaired) electrons. The number of methoxy groups -OCH3 is 1. The molecule has 3 aromatic heterocycles. The number of aromatic nitrogens is 5. The molecule has 0 bridgehead atoms. The molecule has 0 aliphatic heterocycles. The van der Waals surface area contributed by atoms with Gasteiger partial charge in [-0.15, -0.1) is 21.5 Å². The number of amides is 1. The van der Waals surface area contributed by atoms with Gasteiger partial charge in [0.15, 0.2) is 11.0 Å². The number of para-hydroxylation sites is 2. The van der Waals surface area contributed by atoms with Crippen molar-refractivity contribution in [3.63, 3.8) is 0 Å². The van der Waals surface area contributed by atoms with Gasteiger partial charge in [0.05, 0.1) is 24.6 Å². The van der Waals surface area contributed by atoms with Crippen LogP contribution in [0.3, 0.4) is 0 Å². The molecule has 0 spiro atoms. The molecule has 1 unspecified atom stereocenters. The number of benzene rings is 3. The van der Waals surface area contributed by atoms with Crippen LogP contribution in [0.15, 0.2) is 120 Å². The second-order valence-corrected chi connectivity index (χ2v) is 11.5. The average molecular weight is 605 g/mol. The van der Waals surface area contributed by atoms with Gasteiger partial charge >= 0.3 is 0 Å². The molecule has 0 aliphatic carbocycles. The van der Waals surface area contributed by atoms with Crippen molar-refractivity contribution in [2.75, 3.05) is 7.11 Å². The summed E-state index contributed by atoms with van der Waals surface area (Å²) < 4.78 is 7.62. The van der Waals surface area contributed by atoms with Crippen LogP contribution >= 0.6 is 23.1 Å². The van der Waals surface area contributed by atoms with Crippen LogP contribution in [0.5, 0.6) is 5.75 Å². The quantitative estimate of drug-likeness (QED) is 0.163. The fourth-order valence-electron chi connectivity index (χ4n) is 4.70. The Morgan fingerprint density at radius 3 is 2.49 bits per heavy atom. The molecule has 0 fully saturated rings. The SMILES string of the molecule is COc1ccccc1-n1c(SCc2nc(C(=O)NC(Cc3ccccc3)c3ccccc3)cs2)nnc1-c1cccnc1. The number of hydrogen-bond acceptors (Lipinski definition) is 8. The molecule has 1 atom stereocenters. The summed E-state index contributed by atoms with van der Waals surface area (Å²) >= 11 is 2.95. The second-order valence-electron chi connectivity index (χ2n) is 9.60. The summed E-state index contributed by atoms with van der Waals surface area (Å²) in [6, 6.07) is 31.6. The predicted octanol–water partition coefficient (Wildman–Crippen LogP) is 6.80. The molecule has 214 valence electrons. The van der Waals surface area contributed by atoms with Crippen LogP contribution in [0, 0.1) is 0 Å². The first-order valence-electron chi connectivity index (χ1n) is 13.7. The highest BCUT2D eigenvalue weighted by atomic mass is 32.2. The smallest absolute Gasteiger partial charge is 0.271 e. The molecule has 1 amide bonds.